The molecule has 3 aromatic rings. The lowest BCUT2D eigenvalue weighted by Crippen LogP contribution is -2.13. The molecular weight excluding hydrogens is 509 g/mol. The van der Waals surface area contributed by atoms with E-state index in [1.807, 2.05) is 0 Å². The number of non-ortho nitro benzene ring substituents is 1. The summed E-state index contributed by atoms with van der Waals surface area (Å²) in [5.74, 6) is -0.465. The van der Waals surface area contributed by atoms with Gasteiger partial charge in [0.05, 0.1) is 33.3 Å². The summed E-state index contributed by atoms with van der Waals surface area (Å²) in [7, 11) is 0. The Kier molecular flexibility index (Phi) is 8.73. The molecule has 0 heterocycles. The number of carbonyl (C=O) groups excluding carboxylic acids is 1. The second-order valence-corrected chi connectivity index (χ2v) is 8.07. The van der Waals surface area contributed by atoms with Crippen LogP contribution in [0.15, 0.2) is 60.2 Å². The van der Waals surface area contributed by atoms with Crippen LogP contribution in [0.4, 0.5) is 11.4 Å². The zero-order valence-electron chi connectivity index (χ0n) is 18.8. The molecule has 1 amide bonds. The van der Waals surface area contributed by atoms with Crippen LogP contribution >= 0.6 is 23.2 Å². The fourth-order valence-corrected chi connectivity index (χ4v) is 3.36. The summed E-state index contributed by atoms with van der Waals surface area (Å²) in [6, 6.07) is 15.0. The van der Waals surface area contributed by atoms with Crippen LogP contribution in [0.25, 0.3) is 6.08 Å². The molecule has 184 valence electrons. The minimum Gasteiger partial charge on any atom is -0.506 e. The van der Waals surface area contributed by atoms with Gasteiger partial charge in [0.25, 0.3) is 11.6 Å². The third kappa shape index (κ3) is 6.66. The second-order valence-electron chi connectivity index (χ2n) is 7.26. The van der Waals surface area contributed by atoms with Crippen molar-refractivity contribution in [1.82, 2.24) is 0 Å². The molecule has 9 nitrogen and oxygen atoms in total. The Bertz CT molecular complexity index is 1380. The van der Waals surface area contributed by atoms with Crippen LogP contribution in [0.5, 0.6) is 17.2 Å². The second kappa shape index (κ2) is 11.9. The molecule has 0 radical (unpaired) electrons. The first-order valence-electron chi connectivity index (χ1n) is 10.5. The molecule has 0 bridgehead atoms. The predicted octanol–water partition coefficient (Wildman–Crippen LogP) is 6.13. The molecule has 0 aliphatic rings. The number of ether oxygens (including phenoxy) is 2. The van der Waals surface area contributed by atoms with Gasteiger partial charge in [-0.1, -0.05) is 35.3 Å². The van der Waals surface area contributed by atoms with Gasteiger partial charge in [-0.3, -0.25) is 14.9 Å². The Morgan fingerprint density at radius 1 is 1.11 bits per heavy atom. The monoisotopic (exact) mass is 527 g/mol. The summed E-state index contributed by atoms with van der Waals surface area (Å²) in [5, 5.41) is 33.5. The highest BCUT2D eigenvalue weighted by Gasteiger charge is 2.16. The fourth-order valence-electron chi connectivity index (χ4n) is 3.04. The maximum atomic E-state index is 12.6. The average Bonchev–Trinajstić information content (AvgIpc) is 2.85. The zero-order valence-corrected chi connectivity index (χ0v) is 20.3. The molecule has 3 aromatic carbocycles. The van der Waals surface area contributed by atoms with Crippen molar-refractivity contribution in [2.24, 2.45) is 0 Å². The number of phenols is 1. The van der Waals surface area contributed by atoms with E-state index >= 15 is 0 Å². The molecule has 11 heteroatoms. The van der Waals surface area contributed by atoms with Gasteiger partial charge in [-0.05, 0) is 54.5 Å². The maximum absolute atomic E-state index is 12.6. The topological polar surface area (TPSA) is 135 Å². The van der Waals surface area contributed by atoms with Gasteiger partial charge in [0.2, 0.25) is 0 Å². The molecule has 0 spiro atoms. The SMILES string of the molecule is CCOc1cc(/C=C(/C#N)C(=O)Nc2ccc([N+](=O)[O-])cc2O)ccc1OCc1ccc(Cl)c(Cl)c1. The van der Waals surface area contributed by atoms with Crippen LogP contribution in [0.1, 0.15) is 18.1 Å². The molecule has 0 unspecified atom stereocenters. The number of rotatable bonds is 9. The van der Waals surface area contributed by atoms with Crippen LogP contribution < -0.4 is 14.8 Å². The number of nitro groups is 1. The number of amides is 1. The summed E-state index contributed by atoms with van der Waals surface area (Å²) >= 11 is 12.0. The van der Waals surface area contributed by atoms with Crippen LogP contribution in [0.2, 0.25) is 10.0 Å². The Balaban J connectivity index is 1.79. The number of carbonyl (C=O) groups is 1. The quantitative estimate of drug-likeness (QED) is 0.112. The van der Waals surface area contributed by atoms with E-state index < -0.39 is 16.6 Å². The Morgan fingerprint density at radius 3 is 2.53 bits per heavy atom. The first-order chi connectivity index (χ1) is 17.2. The van der Waals surface area contributed by atoms with Crippen molar-refractivity contribution in [3.05, 3.63) is 91.5 Å². The molecule has 0 fully saturated rings. The summed E-state index contributed by atoms with van der Waals surface area (Å²) in [4.78, 5) is 22.7. The Labute approximate surface area is 216 Å². The highest BCUT2D eigenvalue weighted by atomic mass is 35.5. The van der Waals surface area contributed by atoms with Gasteiger partial charge in [0, 0.05) is 6.07 Å². The minimum absolute atomic E-state index is 0.0761. The van der Waals surface area contributed by atoms with E-state index in [0.717, 1.165) is 17.7 Å². The predicted molar refractivity (Wildman–Crippen MR) is 135 cm³/mol. The van der Waals surface area contributed by atoms with Gasteiger partial charge in [0.15, 0.2) is 11.5 Å². The molecular formula is C25H19Cl2N3O6. The van der Waals surface area contributed by atoms with E-state index in [9.17, 15) is 25.3 Å². The van der Waals surface area contributed by atoms with Crippen molar-refractivity contribution >= 4 is 46.6 Å². The van der Waals surface area contributed by atoms with Crippen molar-refractivity contribution in [1.29, 1.82) is 5.26 Å². The number of hydrogen-bond acceptors (Lipinski definition) is 7. The zero-order chi connectivity index (χ0) is 26.2. The Hall–Kier alpha value is -4.26. The molecule has 0 saturated heterocycles. The molecule has 3 rings (SSSR count). The third-order valence-corrected chi connectivity index (χ3v) is 5.50. The molecule has 0 aliphatic carbocycles. The lowest BCUT2D eigenvalue weighted by atomic mass is 10.1. The molecule has 0 aliphatic heterocycles. The van der Waals surface area contributed by atoms with Crippen LogP contribution in [0, 0.1) is 21.4 Å². The van der Waals surface area contributed by atoms with Crippen molar-refractivity contribution in [3.8, 4) is 23.3 Å². The van der Waals surface area contributed by atoms with Crippen molar-refractivity contribution < 1.29 is 24.3 Å². The van der Waals surface area contributed by atoms with Crippen molar-refractivity contribution in [3.63, 3.8) is 0 Å². The standard InChI is InChI=1S/C25H19Cl2N3O6/c1-2-35-24-11-15(4-8-23(24)36-14-16-3-6-19(26)20(27)10-16)9-17(13-28)25(32)29-21-7-5-18(30(33)34)12-22(21)31/h3-12,31H,2,14H2,1H3,(H,29,32)/b17-9-. The smallest absolute Gasteiger partial charge is 0.273 e. The number of benzene rings is 3. The van der Waals surface area contributed by atoms with E-state index in [1.165, 1.54) is 12.1 Å². The van der Waals surface area contributed by atoms with Gasteiger partial charge in [0.1, 0.15) is 24.0 Å². The lowest BCUT2D eigenvalue weighted by Gasteiger charge is -2.13. The number of halogens is 2. The highest BCUT2D eigenvalue weighted by Crippen LogP contribution is 2.32. The number of nitro benzene ring substituents is 1. The number of nitrogens with one attached hydrogen (secondary N) is 1. The first-order valence-corrected chi connectivity index (χ1v) is 11.2. The van der Waals surface area contributed by atoms with E-state index in [0.29, 0.717) is 33.7 Å². The highest BCUT2D eigenvalue weighted by molar-refractivity contribution is 6.42. The molecule has 36 heavy (non-hydrogen) atoms. The van der Waals surface area contributed by atoms with E-state index in [1.54, 1.807) is 49.4 Å². The largest absolute Gasteiger partial charge is 0.506 e. The number of hydrogen-bond donors (Lipinski definition) is 2. The van der Waals surface area contributed by atoms with E-state index in [-0.39, 0.29) is 23.6 Å². The normalized spacial score (nSPS) is 10.9. The first kappa shape index (κ1) is 26.3. The summed E-state index contributed by atoms with van der Waals surface area (Å²) in [5.41, 5.74) is 0.604. The van der Waals surface area contributed by atoms with Gasteiger partial charge >= 0.3 is 0 Å². The summed E-state index contributed by atoms with van der Waals surface area (Å²) in [6.07, 6.45) is 1.34. The summed E-state index contributed by atoms with van der Waals surface area (Å²) in [6.45, 7) is 2.36. The lowest BCUT2D eigenvalue weighted by molar-refractivity contribution is -0.384. The molecule has 0 aromatic heterocycles. The van der Waals surface area contributed by atoms with Crippen LogP contribution in [0.3, 0.4) is 0 Å². The molecule has 0 atom stereocenters. The maximum Gasteiger partial charge on any atom is 0.273 e. The van der Waals surface area contributed by atoms with Crippen molar-refractivity contribution in [2.75, 3.05) is 11.9 Å². The number of nitriles is 1. The van der Waals surface area contributed by atoms with Gasteiger partial charge in [-0.15, -0.1) is 0 Å². The van der Waals surface area contributed by atoms with Crippen LogP contribution in [-0.2, 0) is 11.4 Å². The fraction of sp³-hybridized carbons (Fsp3) is 0.120. The average molecular weight is 528 g/mol. The summed E-state index contributed by atoms with van der Waals surface area (Å²) < 4.78 is 11.5. The van der Waals surface area contributed by atoms with Gasteiger partial charge < -0.3 is 19.9 Å². The Morgan fingerprint density at radius 2 is 1.89 bits per heavy atom. The van der Waals surface area contributed by atoms with Crippen molar-refractivity contribution in [2.45, 2.75) is 13.5 Å². The van der Waals surface area contributed by atoms with E-state index in [4.69, 9.17) is 32.7 Å². The number of nitrogens with zero attached hydrogens (tertiary/aromatic N) is 2. The third-order valence-electron chi connectivity index (χ3n) is 4.76. The minimum atomic E-state index is -0.806. The van der Waals surface area contributed by atoms with E-state index in [2.05, 4.69) is 5.32 Å². The van der Waals surface area contributed by atoms with Crippen LogP contribution in [-0.4, -0.2) is 22.5 Å². The number of aromatic hydroxyl groups is 1. The number of anilines is 1. The van der Waals surface area contributed by atoms with Gasteiger partial charge in [-0.25, -0.2) is 0 Å². The van der Waals surface area contributed by atoms with Gasteiger partial charge in [-0.2, -0.15) is 5.26 Å². The molecule has 2 N–H and O–H groups in total. The molecule has 0 saturated carbocycles. The number of phenolic OH excluding ortho intramolecular Hbond substituents is 1.